The predicted octanol–water partition coefficient (Wildman–Crippen LogP) is 1.64. The Morgan fingerprint density at radius 3 is 2.69 bits per heavy atom. The SMILES string of the molecule is CC(C)C(O)CNCc1cccc(F)c1O. The lowest BCUT2D eigenvalue weighted by Gasteiger charge is -2.15. The maximum absolute atomic E-state index is 13.0. The second kappa shape index (κ2) is 5.82. The van der Waals surface area contributed by atoms with E-state index < -0.39 is 11.9 Å². The van der Waals surface area contributed by atoms with Crippen molar-refractivity contribution in [3.05, 3.63) is 29.6 Å². The fourth-order valence-corrected chi connectivity index (χ4v) is 1.29. The molecule has 1 rings (SSSR count). The number of aliphatic hydroxyl groups is 1. The molecule has 0 saturated carbocycles. The molecular formula is C12H18FNO2. The standard InChI is InChI=1S/C12H18FNO2/c1-8(2)11(15)7-14-6-9-4-3-5-10(13)12(9)16/h3-5,8,11,14-16H,6-7H2,1-2H3. The summed E-state index contributed by atoms with van der Waals surface area (Å²) in [7, 11) is 0. The number of phenolic OH excluding ortho intramolecular Hbond substituents is 1. The van der Waals surface area contributed by atoms with Gasteiger partial charge in [0.2, 0.25) is 0 Å². The van der Waals surface area contributed by atoms with Gasteiger partial charge in [-0.15, -0.1) is 0 Å². The van der Waals surface area contributed by atoms with Crippen LogP contribution in [-0.2, 0) is 6.54 Å². The Labute approximate surface area is 94.9 Å². The van der Waals surface area contributed by atoms with E-state index in [9.17, 15) is 14.6 Å². The first kappa shape index (κ1) is 12.9. The molecule has 0 aliphatic carbocycles. The lowest BCUT2D eigenvalue weighted by atomic mass is 10.1. The lowest BCUT2D eigenvalue weighted by Crippen LogP contribution is -2.30. The molecule has 3 N–H and O–H groups in total. The number of aromatic hydroxyl groups is 1. The summed E-state index contributed by atoms with van der Waals surface area (Å²) in [6.45, 7) is 4.61. The molecule has 0 aliphatic heterocycles. The molecule has 0 heterocycles. The van der Waals surface area contributed by atoms with Gasteiger partial charge in [0.1, 0.15) is 0 Å². The first-order chi connectivity index (χ1) is 7.52. The Bertz CT molecular complexity index is 342. The van der Waals surface area contributed by atoms with Gasteiger partial charge >= 0.3 is 0 Å². The molecule has 0 bridgehead atoms. The van der Waals surface area contributed by atoms with Crippen LogP contribution in [0.3, 0.4) is 0 Å². The van der Waals surface area contributed by atoms with E-state index in [1.54, 1.807) is 12.1 Å². The molecular weight excluding hydrogens is 209 g/mol. The number of hydrogen-bond acceptors (Lipinski definition) is 3. The highest BCUT2D eigenvalue weighted by atomic mass is 19.1. The second-order valence-corrected chi connectivity index (χ2v) is 4.19. The number of halogens is 1. The molecule has 1 aromatic rings. The smallest absolute Gasteiger partial charge is 0.165 e. The van der Waals surface area contributed by atoms with E-state index in [0.717, 1.165) is 0 Å². The molecule has 0 aromatic heterocycles. The van der Waals surface area contributed by atoms with E-state index in [4.69, 9.17) is 0 Å². The van der Waals surface area contributed by atoms with E-state index in [2.05, 4.69) is 5.32 Å². The molecule has 1 aromatic carbocycles. The van der Waals surface area contributed by atoms with Crippen LogP contribution in [0.1, 0.15) is 19.4 Å². The summed E-state index contributed by atoms with van der Waals surface area (Å²) >= 11 is 0. The highest BCUT2D eigenvalue weighted by molar-refractivity contribution is 5.33. The molecule has 16 heavy (non-hydrogen) atoms. The maximum atomic E-state index is 13.0. The minimum absolute atomic E-state index is 0.175. The van der Waals surface area contributed by atoms with Crippen molar-refractivity contribution in [3.8, 4) is 5.75 Å². The van der Waals surface area contributed by atoms with Crippen LogP contribution in [0.25, 0.3) is 0 Å². The topological polar surface area (TPSA) is 52.5 Å². The molecule has 3 nitrogen and oxygen atoms in total. The molecule has 90 valence electrons. The van der Waals surface area contributed by atoms with Gasteiger partial charge in [-0.2, -0.15) is 0 Å². The Morgan fingerprint density at radius 1 is 1.38 bits per heavy atom. The van der Waals surface area contributed by atoms with Crippen LogP contribution < -0.4 is 5.32 Å². The minimum Gasteiger partial charge on any atom is -0.505 e. The maximum Gasteiger partial charge on any atom is 0.165 e. The molecule has 1 atom stereocenters. The van der Waals surface area contributed by atoms with Crippen molar-refractivity contribution in [2.75, 3.05) is 6.54 Å². The van der Waals surface area contributed by atoms with Crippen molar-refractivity contribution < 1.29 is 14.6 Å². The molecule has 0 spiro atoms. The first-order valence-corrected chi connectivity index (χ1v) is 5.37. The van der Waals surface area contributed by atoms with Gasteiger partial charge in [0.05, 0.1) is 6.10 Å². The van der Waals surface area contributed by atoms with Crippen LogP contribution in [0.5, 0.6) is 5.75 Å². The van der Waals surface area contributed by atoms with Crippen molar-refractivity contribution in [2.45, 2.75) is 26.5 Å². The molecule has 1 unspecified atom stereocenters. The van der Waals surface area contributed by atoms with Gasteiger partial charge in [-0.1, -0.05) is 26.0 Å². The fourth-order valence-electron chi connectivity index (χ4n) is 1.29. The van der Waals surface area contributed by atoms with E-state index in [1.165, 1.54) is 6.07 Å². The molecule has 0 radical (unpaired) electrons. The molecule has 4 heteroatoms. The Hall–Kier alpha value is -1.13. The average Bonchev–Trinajstić information content (AvgIpc) is 2.24. The predicted molar refractivity (Wildman–Crippen MR) is 60.6 cm³/mol. The zero-order chi connectivity index (χ0) is 12.1. The monoisotopic (exact) mass is 227 g/mol. The third kappa shape index (κ3) is 3.47. The quantitative estimate of drug-likeness (QED) is 0.716. The summed E-state index contributed by atoms with van der Waals surface area (Å²) in [5.74, 6) is -0.772. The van der Waals surface area contributed by atoms with Crippen molar-refractivity contribution >= 4 is 0 Å². The van der Waals surface area contributed by atoms with Crippen LogP contribution >= 0.6 is 0 Å². The van der Waals surface area contributed by atoms with Gasteiger partial charge in [-0.3, -0.25) is 0 Å². The van der Waals surface area contributed by atoms with Gasteiger partial charge in [0, 0.05) is 18.7 Å². The van der Waals surface area contributed by atoms with E-state index in [-0.39, 0.29) is 11.7 Å². The molecule has 0 fully saturated rings. The van der Waals surface area contributed by atoms with Gasteiger partial charge in [-0.05, 0) is 12.0 Å². The third-order valence-electron chi connectivity index (χ3n) is 2.51. The van der Waals surface area contributed by atoms with Crippen LogP contribution in [0.15, 0.2) is 18.2 Å². The summed E-state index contributed by atoms with van der Waals surface area (Å²) in [5.41, 5.74) is 0.496. The van der Waals surface area contributed by atoms with Gasteiger partial charge in [0.25, 0.3) is 0 Å². The highest BCUT2D eigenvalue weighted by Crippen LogP contribution is 2.20. The summed E-state index contributed by atoms with van der Waals surface area (Å²) in [4.78, 5) is 0. The minimum atomic E-state index is -0.622. The van der Waals surface area contributed by atoms with Gasteiger partial charge < -0.3 is 15.5 Å². The number of para-hydroxylation sites is 1. The summed E-state index contributed by atoms with van der Waals surface area (Å²) in [6, 6.07) is 4.40. The fraction of sp³-hybridized carbons (Fsp3) is 0.500. The van der Waals surface area contributed by atoms with E-state index in [0.29, 0.717) is 18.7 Å². The largest absolute Gasteiger partial charge is 0.505 e. The second-order valence-electron chi connectivity index (χ2n) is 4.19. The summed E-state index contributed by atoms with van der Waals surface area (Å²) in [5, 5.41) is 21.9. The highest BCUT2D eigenvalue weighted by Gasteiger charge is 2.10. The number of aliphatic hydroxyl groups excluding tert-OH is 1. The van der Waals surface area contributed by atoms with E-state index >= 15 is 0 Å². The average molecular weight is 227 g/mol. The summed E-state index contributed by atoms with van der Waals surface area (Å²) < 4.78 is 13.0. The summed E-state index contributed by atoms with van der Waals surface area (Å²) in [6.07, 6.45) is -0.435. The normalized spacial score (nSPS) is 13.1. The number of hydrogen-bond donors (Lipinski definition) is 3. The number of benzene rings is 1. The van der Waals surface area contributed by atoms with Crippen molar-refractivity contribution in [1.82, 2.24) is 5.32 Å². The number of phenols is 1. The Kier molecular flexibility index (Phi) is 4.71. The molecule has 0 amide bonds. The molecule has 0 saturated heterocycles. The zero-order valence-corrected chi connectivity index (χ0v) is 9.57. The van der Waals surface area contributed by atoms with Crippen molar-refractivity contribution in [1.29, 1.82) is 0 Å². The van der Waals surface area contributed by atoms with Crippen molar-refractivity contribution in [2.24, 2.45) is 5.92 Å². The van der Waals surface area contributed by atoms with Crippen LogP contribution in [0, 0.1) is 11.7 Å². The van der Waals surface area contributed by atoms with Gasteiger partial charge in [-0.25, -0.2) is 4.39 Å². The van der Waals surface area contributed by atoms with Crippen molar-refractivity contribution in [3.63, 3.8) is 0 Å². The number of nitrogens with one attached hydrogen (secondary N) is 1. The van der Waals surface area contributed by atoms with Gasteiger partial charge in [0.15, 0.2) is 11.6 Å². The lowest BCUT2D eigenvalue weighted by molar-refractivity contribution is 0.123. The third-order valence-corrected chi connectivity index (χ3v) is 2.51. The Balaban J connectivity index is 2.46. The van der Waals surface area contributed by atoms with Crippen LogP contribution in [-0.4, -0.2) is 22.9 Å². The Morgan fingerprint density at radius 2 is 2.06 bits per heavy atom. The van der Waals surface area contributed by atoms with E-state index in [1.807, 2.05) is 13.8 Å². The zero-order valence-electron chi connectivity index (χ0n) is 9.57. The molecule has 0 aliphatic rings. The van der Waals surface area contributed by atoms with Crippen LogP contribution in [0.4, 0.5) is 4.39 Å². The first-order valence-electron chi connectivity index (χ1n) is 5.37. The number of rotatable bonds is 5. The van der Waals surface area contributed by atoms with Crippen LogP contribution in [0.2, 0.25) is 0 Å².